The molecule has 0 aromatic heterocycles. The van der Waals surface area contributed by atoms with Crippen LogP contribution in [0.5, 0.6) is 0 Å². The van der Waals surface area contributed by atoms with E-state index in [1.165, 1.54) is 64.1 Å². The normalized spacial score (nSPS) is 31.0. The minimum Gasteiger partial charge on any atom is -0.456 e. The Bertz CT molecular complexity index is 2360. The fourth-order valence-corrected chi connectivity index (χ4v) is 10.5. The molecule has 7 rings (SSSR count). The van der Waals surface area contributed by atoms with Gasteiger partial charge in [-0.1, -0.05) is 80.6 Å². The molecular formula is C47H51NO17. The first-order chi connectivity index (χ1) is 30.8. The number of carbonyl (C=O) groups excluding carboxylic acids is 6. The minimum atomic E-state index is -2.49. The van der Waals surface area contributed by atoms with Gasteiger partial charge in [0.1, 0.15) is 36.1 Å². The summed E-state index contributed by atoms with van der Waals surface area (Å²) >= 11 is 0. The second-order valence-corrected chi connectivity index (χ2v) is 17.7. The lowest BCUT2D eigenvalue weighted by atomic mass is 9.44. The number of fused-ring (bicyclic) bond motifs is 5. The number of hydroxylamine groups is 2. The van der Waals surface area contributed by atoms with E-state index in [0.29, 0.717) is 0 Å². The van der Waals surface area contributed by atoms with Crippen LogP contribution >= 0.6 is 0 Å². The third-order valence-electron chi connectivity index (χ3n) is 13.8. The molecule has 0 unspecified atom stereocenters. The van der Waals surface area contributed by atoms with Crippen molar-refractivity contribution in [3.63, 3.8) is 0 Å². The maximum Gasteiger partial charge on any atom is 0.341 e. The van der Waals surface area contributed by atoms with Crippen molar-refractivity contribution in [2.24, 2.45) is 16.7 Å². The molecule has 3 aliphatic carbocycles. The summed E-state index contributed by atoms with van der Waals surface area (Å²) in [5, 5.41) is 46.5. The predicted octanol–water partition coefficient (Wildman–Crippen LogP) is 4.83. The molecule has 1 amide bonds. The topological polar surface area (TPSA) is 251 Å². The molecule has 18 heteroatoms. The molecule has 11 atom stereocenters. The molecule has 1 aliphatic heterocycles. The maximum absolute atomic E-state index is 15.7. The number of carbonyl (C=O) groups is 6. The Kier molecular flexibility index (Phi) is 12.9. The monoisotopic (exact) mass is 901 g/mol. The number of esters is 4. The van der Waals surface area contributed by atoms with Gasteiger partial charge in [-0.25, -0.2) is 24.4 Å². The van der Waals surface area contributed by atoms with Crippen molar-refractivity contribution >= 4 is 35.6 Å². The summed E-state index contributed by atoms with van der Waals surface area (Å²) in [5.41, 5.74) is -8.04. The molecular weight excluding hydrogens is 851 g/mol. The fourth-order valence-electron chi connectivity index (χ4n) is 10.5. The van der Waals surface area contributed by atoms with Crippen molar-refractivity contribution in [2.75, 3.05) is 6.61 Å². The number of nitrogens with zero attached hydrogens (tertiary/aromatic N) is 1. The number of Topliss-reactive ketones (excluding diaryl/α,β-unsaturated/α-hetero) is 1. The van der Waals surface area contributed by atoms with E-state index >= 15 is 4.79 Å². The van der Waals surface area contributed by atoms with Crippen LogP contribution in [0, 0.1) is 16.7 Å². The van der Waals surface area contributed by atoms with Crippen LogP contribution < -0.4 is 0 Å². The van der Waals surface area contributed by atoms with Gasteiger partial charge in [-0.05, 0) is 54.8 Å². The van der Waals surface area contributed by atoms with Gasteiger partial charge >= 0.3 is 23.9 Å². The summed E-state index contributed by atoms with van der Waals surface area (Å²) in [6.07, 6.45) is -11.1. The highest BCUT2D eigenvalue weighted by Gasteiger charge is 2.79. The van der Waals surface area contributed by atoms with Crippen molar-refractivity contribution in [1.29, 1.82) is 0 Å². The van der Waals surface area contributed by atoms with Crippen molar-refractivity contribution in [3.05, 3.63) is 119 Å². The SMILES string of the molecule is CC(=O)O[C@H]1C(=O)[C@]2(C)[C@@H](OO)C[C@H]3OC[C@@]3(OC(C)=O)[C@H]2[C@H](OC(=O)c2ccccc2)[C@]2(O)C[C@H](OC(=O)[C@H](OO)[C@H](c3ccccc3)N(O)C(=O)c3ccccc3)C(C)=C1C2(C)C. The van der Waals surface area contributed by atoms with Crippen molar-refractivity contribution < 1.29 is 83.1 Å². The summed E-state index contributed by atoms with van der Waals surface area (Å²) in [6.45, 7) is 7.66. The Labute approximate surface area is 373 Å². The first-order valence-electron chi connectivity index (χ1n) is 20.9. The fraction of sp³-hybridized carbons (Fsp3) is 0.447. The van der Waals surface area contributed by atoms with Gasteiger partial charge in [0.2, 0.25) is 6.10 Å². The number of amides is 1. The summed E-state index contributed by atoms with van der Waals surface area (Å²) in [7, 11) is 0. The average molecular weight is 902 g/mol. The van der Waals surface area contributed by atoms with E-state index in [1.54, 1.807) is 54.6 Å². The standard InChI is InChI=1S/C47H51NO17/c1-25-31(61-43(54)37(65-58)35(28-16-10-7-11-17-28)48(56)41(52)29-18-12-8-13-19-29)23-47(55)40(62-42(53)30-20-14-9-15-21-30)38-45(6,39(51)36(60-26(2)49)34(25)44(47,4)5)32(64-57)22-33-46(38,24-59-33)63-27(3)50/h7-21,31-33,35-38,40,55-58H,22-24H2,1-6H3/t31-,32-,33+,35-,36+,37+,38-,40-,45+,46-,47+/m0/s1. The minimum absolute atomic E-state index is 0.0184. The molecule has 346 valence electrons. The second-order valence-electron chi connectivity index (χ2n) is 17.7. The highest BCUT2D eigenvalue weighted by Crippen LogP contribution is 2.65. The van der Waals surface area contributed by atoms with Crippen LogP contribution in [-0.4, -0.2) is 116 Å². The summed E-state index contributed by atoms with van der Waals surface area (Å²) < 4.78 is 30.3. The van der Waals surface area contributed by atoms with Crippen molar-refractivity contribution in [2.45, 2.75) is 108 Å². The van der Waals surface area contributed by atoms with Crippen LogP contribution in [0.25, 0.3) is 0 Å². The molecule has 1 heterocycles. The molecule has 1 saturated heterocycles. The van der Waals surface area contributed by atoms with E-state index in [-0.39, 0.29) is 45.9 Å². The molecule has 0 radical (unpaired) electrons. The summed E-state index contributed by atoms with van der Waals surface area (Å²) in [5.74, 6) is -7.66. The largest absolute Gasteiger partial charge is 0.456 e. The molecule has 4 aliphatic rings. The van der Waals surface area contributed by atoms with E-state index in [0.717, 1.165) is 13.8 Å². The Hall–Kier alpha value is -5.86. The second kappa shape index (κ2) is 17.8. The number of rotatable bonds is 12. The van der Waals surface area contributed by atoms with Gasteiger partial charge in [0.05, 0.1) is 23.5 Å². The lowest BCUT2D eigenvalue weighted by Gasteiger charge is -2.67. The van der Waals surface area contributed by atoms with Gasteiger partial charge in [-0.3, -0.25) is 34.9 Å². The third kappa shape index (κ3) is 7.81. The summed E-state index contributed by atoms with van der Waals surface area (Å²) in [6, 6.07) is 21.2. The lowest BCUT2D eigenvalue weighted by Crippen LogP contribution is -2.82. The highest BCUT2D eigenvalue weighted by molar-refractivity contribution is 5.96. The molecule has 2 bridgehead atoms. The first-order valence-corrected chi connectivity index (χ1v) is 20.9. The van der Waals surface area contributed by atoms with Crippen molar-refractivity contribution in [1.82, 2.24) is 5.06 Å². The van der Waals surface area contributed by atoms with Gasteiger partial charge in [0.15, 0.2) is 17.5 Å². The lowest BCUT2D eigenvalue weighted by molar-refractivity contribution is -0.385. The molecule has 2 saturated carbocycles. The van der Waals surface area contributed by atoms with Crippen molar-refractivity contribution in [3.8, 4) is 0 Å². The molecule has 4 N–H and O–H groups in total. The van der Waals surface area contributed by atoms with Crippen LogP contribution in [0.1, 0.15) is 86.7 Å². The zero-order valence-electron chi connectivity index (χ0n) is 36.4. The Balaban J connectivity index is 1.42. The Morgan fingerprint density at radius 3 is 1.92 bits per heavy atom. The number of benzene rings is 3. The van der Waals surface area contributed by atoms with Gasteiger partial charge < -0.3 is 28.8 Å². The number of ketones is 1. The number of hydrogen-bond acceptors (Lipinski definition) is 17. The number of ether oxygens (including phenoxy) is 5. The van der Waals surface area contributed by atoms with Gasteiger partial charge in [0.25, 0.3) is 5.91 Å². The van der Waals surface area contributed by atoms with Crippen LogP contribution in [0.15, 0.2) is 102 Å². The van der Waals surface area contributed by atoms with E-state index < -0.39 is 113 Å². The van der Waals surface area contributed by atoms with Gasteiger partial charge in [0, 0.05) is 37.7 Å². The quantitative estimate of drug-likeness (QED) is 0.0474. The highest BCUT2D eigenvalue weighted by atomic mass is 17.1. The van der Waals surface area contributed by atoms with Gasteiger partial charge in [-0.15, -0.1) is 0 Å². The van der Waals surface area contributed by atoms with E-state index in [4.69, 9.17) is 33.5 Å². The van der Waals surface area contributed by atoms with Crippen LogP contribution in [0.2, 0.25) is 0 Å². The van der Waals surface area contributed by atoms with Crippen LogP contribution in [0.3, 0.4) is 0 Å². The van der Waals surface area contributed by atoms with E-state index in [2.05, 4.69) is 0 Å². The number of hydrogen-bond donors (Lipinski definition) is 4. The molecule has 3 fully saturated rings. The van der Waals surface area contributed by atoms with E-state index in [1.807, 2.05) is 0 Å². The predicted molar refractivity (Wildman–Crippen MR) is 221 cm³/mol. The van der Waals surface area contributed by atoms with Gasteiger partial charge in [-0.2, -0.15) is 0 Å². The zero-order chi connectivity index (χ0) is 47.2. The Morgan fingerprint density at radius 1 is 0.815 bits per heavy atom. The number of aliphatic hydroxyl groups is 1. The molecule has 18 nitrogen and oxygen atoms in total. The zero-order valence-corrected chi connectivity index (χ0v) is 36.4. The van der Waals surface area contributed by atoms with E-state index in [9.17, 15) is 44.8 Å². The average Bonchev–Trinajstić information content (AvgIpc) is 3.27. The molecule has 3 aromatic carbocycles. The van der Waals surface area contributed by atoms with Crippen LogP contribution in [0.4, 0.5) is 0 Å². The molecule has 3 aromatic rings. The third-order valence-corrected chi connectivity index (χ3v) is 13.8. The first kappa shape index (κ1) is 47.1. The molecule has 0 spiro atoms. The smallest absolute Gasteiger partial charge is 0.341 e. The summed E-state index contributed by atoms with van der Waals surface area (Å²) in [4.78, 5) is 94.1. The van der Waals surface area contributed by atoms with Crippen LogP contribution in [-0.2, 0) is 52.6 Å². The Morgan fingerprint density at radius 2 is 1.40 bits per heavy atom. The maximum atomic E-state index is 15.7. The molecule has 65 heavy (non-hydrogen) atoms.